The van der Waals surface area contributed by atoms with E-state index in [1.165, 1.54) is 58.5 Å². The number of Topliss-reactive ketones (excluding diaryl/α,β-unsaturated/α-hetero) is 1. The van der Waals surface area contributed by atoms with E-state index in [0.717, 1.165) is 12.8 Å². The molecule has 3 heteroatoms. The van der Waals surface area contributed by atoms with Gasteiger partial charge in [-0.25, -0.2) is 0 Å². The summed E-state index contributed by atoms with van der Waals surface area (Å²) in [7, 11) is 1.48. The van der Waals surface area contributed by atoms with Crippen molar-refractivity contribution in [3.63, 3.8) is 0 Å². The second kappa shape index (κ2) is 9.18. The van der Waals surface area contributed by atoms with Gasteiger partial charge in [-0.1, -0.05) is 54.4 Å². The molecule has 4 aliphatic carbocycles. The number of rotatable bonds is 4. The molecule has 0 saturated heterocycles. The van der Waals surface area contributed by atoms with Crippen LogP contribution in [0.15, 0.2) is 0 Å². The molecule has 0 N–H and O–H groups in total. The average molecular weight is 433 g/mol. The van der Waals surface area contributed by atoms with E-state index in [9.17, 15) is 9.59 Å². The van der Waals surface area contributed by atoms with E-state index in [2.05, 4.69) is 27.7 Å². The standard InChI is InChI=1S/C26H42O3.C2H6/c1-17(8-11-22(28)29-5)18-9-10-19-23-20(12-15-25(18,19)3)26(4)14-7-6-13-24(26,2)16-21(23)27;1-2/h17-20,23H,6-16H2,1-5H3;1-2H3/t17-,18?,19?,20?,23+,24+,25-,26-;/m1./s1. The van der Waals surface area contributed by atoms with E-state index >= 15 is 0 Å². The molecule has 3 unspecified atom stereocenters. The van der Waals surface area contributed by atoms with Crippen LogP contribution in [0.2, 0.25) is 0 Å². The van der Waals surface area contributed by atoms with Crippen LogP contribution >= 0.6 is 0 Å². The van der Waals surface area contributed by atoms with Crippen LogP contribution in [0.5, 0.6) is 0 Å². The maximum atomic E-state index is 13.6. The van der Waals surface area contributed by atoms with Gasteiger partial charge < -0.3 is 4.74 Å². The molecular formula is C28H48O3. The highest BCUT2D eigenvalue weighted by Crippen LogP contribution is 2.70. The van der Waals surface area contributed by atoms with Crippen molar-refractivity contribution in [1.29, 1.82) is 0 Å². The van der Waals surface area contributed by atoms with Gasteiger partial charge in [0.2, 0.25) is 0 Å². The van der Waals surface area contributed by atoms with Crippen LogP contribution in [0.4, 0.5) is 0 Å². The summed E-state index contributed by atoms with van der Waals surface area (Å²) >= 11 is 0. The summed E-state index contributed by atoms with van der Waals surface area (Å²) in [5.74, 6) is 3.11. The van der Waals surface area contributed by atoms with Crippen molar-refractivity contribution in [1.82, 2.24) is 0 Å². The van der Waals surface area contributed by atoms with Crippen LogP contribution in [-0.2, 0) is 14.3 Å². The molecule has 8 atom stereocenters. The van der Waals surface area contributed by atoms with Crippen molar-refractivity contribution in [2.24, 2.45) is 45.8 Å². The molecule has 4 saturated carbocycles. The molecule has 0 aromatic heterocycles. The first-order valence-electron chi connectivity index (χ1n) is 13.3. The molecule has 0 radical (unpaired) electrons. The fourth-order valence-corrected chi connectivity index (χ4v) is 8.95. The molecule has 31 heavy (non-hydrogen) atoms. The zero-order chi connectivity index (χ0) is 23.0. The lowest BCUT2D eigenvalue weighted by Crippen LogP contribution is -2.60. The third kappa shape index (κ3) is 3.90. The lowest BCUT2D eigenvalue weighted by atomic mass is 9.40. The predicted molar refractivity (Wildman–Crippen MR) is 127 cm³/mol. The molecule has 0 spiro atoms. The minimum Gasteiger partial charge on any atom is -0.469 e. The summed E-state index contributed by atoms with van der Waals surface area (Å²) in [6.45, 7) is 13.8. The molecule has 0 amide bonds. The van der Waals surface area contributed by atoms with Crippen molar-refractivity contribution >= 4 is 11.8 Å². The second-order valence-electron chi connectivity index (χ2n) is 11.9. The quantitative estimate of drug-likeness (QED) is 0.440. The fraction of sp³-hybridized carbons (Fsp3) is 0.929. The van der Waals surface area contributed by atoms with Gasteiger partial charge in [0.25, 0.3) is 0 Å². The molecule has 178 valence electrons. The minimum atomic E-state index is -0.0905. The third-order valence-electron chi connectivity index (χ3n) is 10.9. The summed E-state index contributed by atoms with van der Waals surface area (Å²) in [5, 5.41) is 0. The Balaban J connectivity index is 0.00000132. The molecule has 0 heterocycles. The number of hydrogen-bond acceptors (Lipinski definition) is 3. The zero-order valence-corrected chi connectivity index (χ0v) is 21.4. The van der Waals surface area contributed by atoms with Crippen molar-refractivity contribution in [2.75, 3.05) is 7.11 Å². The van der Waals surface area contributed by atoms with Crippen molar-refractivity contribution in [3.05, 3.63) is 0 Å². The van der Waals surface area contributed by atoms with E-state index < -0.39 is 0 Å². The number of esters is 1. The SMILES string of the molecule is CC.COC(=O)CC[C@@H](C)C1CCC2[C@@H]3C(=O)C[C@]4(C)CCCC[C@]4(C)C3CC[C@@]21C. The molecule has 3 nitrogen and oxygen atoms in total. The van der Waals surface area contributed by atoms with Crippen molar-refractivity contribution < 1.29 is 14.3 Å². The van der Waals surface area contributed by atoms with Gasteiger partial charge in [0.05, 0.1) is 7.11 Å². The first-order valence-corrected chi connectivity index (χ1v) is 13.3. The number of methoxy groups -OCH3 is 1. The summed E-state index contributed by atoms with van der Waals surface area (Å²) in [5.41, 5.74) is 0.841. The van der Waals surface area contributed by atoms with Gasteiger partial charge in [0.1, 0.15) is 5.78 Å². The summed E-state index contributed by atoms with van der Waals surface area (Å²) in [6.07, 6.45) is 12.4. The highest BCUT2D eigenvalue weighted by atomic mass is 16.5. The van der Waals surface area contributed by atoms with Crippen molar-refractivity contribution in [2.45, 2.75) is 112 Å². The van der Waals surface area contributed by atoms with Crippen LogP contribution < -0.4 is 0 Å². The number of carbonyl (C=O) groups excluding carboxylic acids is 2. The Hall–Kier alpha value is -0.860. The lowest BCUT2D eigenvalue weighted by molar-refractivity contribution is -0.172. The predicted octanol–water partition coefficient (Wildman–Crippen LogP) is 7.22. The molecule has 0 aromatic rings. The van der Waals surface area contributed by atoms with E-state index in [-0.39, 0.29) is 16.8 Å². The molecule has 4 fully saturated rings. The fourth-order valence-electron chi connectivity index (χ4n) is 8.95. The van der Waals surface area contributed by atoms with E-state index in [4.69, 9.17) is 4.74 Å². The van der Waals surface area contributed by atoms with Crippen LogP contribution in [0.3, 0.4) is 0 Å². The topological polar surface area (TPSA) is 43.4 Å². The van der Waals surface area contributed by atoms with Gasteiger partial charge in [-0.15, -0.1) is 0 Å². The van der Waals surface area contributed by atoms with Gasteiger partial charge in [0, 0.05) is 18.8 Å². The van der Waals surface area contributed by atoms with Crippen LogP contribution in [0, 0.1) is 45.8 Å². The van der Waals surface area contributed by atoms with Crippen molar-refractivity contribution in [3.8, 4) is 0 Å². The lowest BCUT2D eigenvalue weighted by Gasteiger charge is -2.64. The first-order chi connectivity index (χ1) is 14.7. The monoisotopic (exact) mass is 432 g/mol. The van der Waals surface area contributed by atoms with E-state index in [0.29, 0.717) is 47.2 Å². The Morgan fingerprint density at radius 2 is 1.71 bits per heavy atom. The summed E-state index contributed by atoms with van der Waals surface area (Å²) in [4.78, 5) is 25.2. The molecule has 4 aliphatic rings. The molecular weight excluding hydrogens is 384 g/mol. The normalized spacial score (nSPS) is 44.8. The Morgan fingerprint density at radius 3 is 2.39 bits per heavy atom. The Kier molecular flexibility index (Phi) is 7.34. The van der Waals surface area contributed by atoms with Crippen LogP contribution in [0.1, 0.15) is 112 Å². The van der Waals surface area contributed by atoms with Gasteiger partial charge in [-0.3, -0.25) is 9.59 Å². The van der Waals surface area contributed by atoms with Gasteiger partial charge in [-0.05, 0) is 84.9 Å². The highest BCUT2D eigenvalue weighted by molar-refractivity contribution is 5.84. The largest absolute Gasteiger partial charge is 0.469 e. The minimum absolute atomic E-state index is 0.0905. The highest BCUT2D eigenvalue weighted by Gasteiger charge is 2.65. The molecule has 4 rings (SSSR count). The zero-order valence-electron chi connectivity index (χ0n) is 21.4. The smallest absolute Gasteiger partial charge is 0.305 e. The van der Waals surface area contributed by atoms with Gasteiger partial charge in [0.15, 0.2) is 0 Å². The number of hydrogen-bond donors (Lipinski definition) is 0. The third-order valence-corrected chi connectivity index (χ3v) is 10.9. The number of ketones is 1. The Morgan fingerprint density at radius 1 is 1.03 bits per heavy atom. The summed E-state index contributed by atoms with van der Waals surface area (Å²) < 4.78 is 4.87. The molecule has 0 bridgehead atoms. The van der Waals surface area contributed by atoms with Crippen LogP contribution in [-0.4, -0.2) is 18.9 Å². The van der Waals surface area contributed by atoms with E-state index in [1.54, 1.807) is 0 Å². The molecule has 0 aromatic carbocycles. The number of ether oxygens (including phenoxy) is 1. The molecule has 0 aliphatic heterocycles. The average Bonchev–Trinajstić information content (AvgIpc) is 3.11. The maximum absolute atomic E-state index is 13.6. The maximum Gasteiger partial charge on any atom is 0.305 e. The first kappa shape index (κ1) is 24.8. The van der Waals surface area contributed by atoms with Gasteiger partial charge >= 0.3 is 5.97 Å². The number of carbonyl (C=O) groups is 2. The van der Waals surface area contributed by atoms with E-state index in [1.807, 2.05) is 13.8 Å². The second-order valence-corrected chi connectivity index (χ2v) is 11.9. The van der Waals surface area contributed by atoms with Crippen LogP contribution in [0.25, 0.3) is 0 Å². The number of fused-ring (bicyclic) bond motifs is 5. The Labute approximate surface area is 191 Å². The van der Waals surface area contributed by atoms with Gasteiger partial charge in [-0.2, -0.15) is 0 Å². The summed E-state index contributed by atoms with van der Waals surface area (Å²) in [6, 6.07) is 0. The Bertz CT molecular complexity index is 671.